The van der Waals surface area contributed by atoms with Crippen molar-refractivity contribution in [2.75, 3.05) is 13.1 Å². The monoisotopic (exact) mass is 303 g/mol. The number of rotatable bonds is 4. The van der Waals surface area contributed by atoms with Crippen LogP contribution >= 0.6 is 0 Å². The van der Waals surface area contributed by atoms with Gasteiger partial charge in [0, 0.05) is 5.92 Å². The highest BCUT2D eigenvalue weighted by Crippen LogP contribution is 2.15. The zero-order valence-corrected chi connectivity index (χ0v) is 13.8. The van der Waals surface area contributed by atoms with Gasteiger partial charge in [-0.05, 0) is 26.0 Å². The average Bonchev–Trinajstić information content (AvgIpc) is 2.42. The van der Waals surface area contributed by atoms with E-state index in [0.717, 1.165) is 5.56 Å². The highest BCUT2D eigenvalue weighted by molar-refractivity contribution is 7.89. The highest BCUT2D eigenvalue weighted by atomic mass is 32.2. The summed E-state index contributed by atoms with van der Waals surface area (Å²) in [5.74, 6) is 11.6. The predicted octanol–water partition coefficient (Wildman–Crippen LogP) is 2.67. The van der Waals surface area contributed by atoms with Crippen molar-refractivity contribution in [1.82, 2.24) is 4.31 Å². The molecule has 4 heteroatoms. The van der Waals surface area contributed by atoms with Crippen molar-refractivity contribution in [2.45, 2.75) is 32.6 Å². The first-order chi connectivity index (χ1) is 9.87. The lowest BCUT2D eigenvalue weighted by Crippen LogP contribution is -2.32. The third-order valence-corrected chi connectivity index (χ3v) is 4.54. The van der Waals surface area contributed by atoms with Gasteiger partial charge in [-0.2, -0.15) is 4.31 Å². The predicted molar refractivity (Wildman–Crippen MR) is 86.0 cm³/mol. The van der Waals surface area contributed by atoms with Gasteiger partial charge in [-0.3, -0.25) is 0 Å². The van der Waals surface area contributed by atoms with Crippen molar-refractivity contribution in [2.24, 2.45) is 5.92 Å². The lowest BCUT2D eigenvalue weighted by atomic mass is 10.2. The lowest BCUT2D eigenvalue weighted by Gasteiger charge is -2.17. The third kappa shape index (κ3) is 5.27. The summed E-state index contributed by atoms with van der Waals surface area (Å²) in [6.45, 7) is 7.86. The molecular weight excluding hydrogens is 282 g/mol. The van der Waals surface area contributed by atoms with E-state index in [4.69, 9.17) is 0 Å². The number of hydrogen-bond donors (Lipinski definition) is 0. The molecule has 0 aliphatic rings. The van der Waals surface area contributed by atoms with Gasteiger partial charge in [0.25, 0.3) is 0 Å². The number of sulfonamides is 1. The van der Waals surface area contributed by atoms with Crippen LogP contribution in [0.25, 0.3) is 0 Å². The number of benzene rings is 1. The van der Waals surface area contributed by atoms with E-state index in [1.807, 2.05) is 20.8 Å². The van der Waals surface area contributed by atoms with Gasteiger partial charge in [0.1, 0.15) is 0 Å². The summed E-state index contributed by atoms with van der Waals surface area (Å²) in [4.78, 5) is 0.275. The maximum absolute atomic E-state index is 12.6. The normalized spacial score (nSPS) is 10.8. The molecule has 0 radical (unpaired) electrons. The van der Waals surface area contributed by atoms with Crippen molar-refractivity contribution in [1.29, 1.82) is 0 Å². The van der Waals surface area contributed by atoms with Crippen LogP contribution in [0.4, 0.5) is 0 Å². The molecule has 0 saturated carbocycles. The van der Waals surface area contributed by atoms with Crippen LogP contribution in [0.1, 0.15) is 26.3 Å². The maximum Gasteiger partial charge on any atom is 0.244 e. The Labute approximate surface area is 128 Å². The highest BCUT2D eigenvalue weighted by Gasteiger charge is 2.22. The standard InChI is InChI=1S/C17H21NO2S/c1-5-6-13-18(14-7-8-15(2)3)21(19,20)17-11-9-16(4)10-12-17/h9-12,15H,13-14H2,1-4H3. The van der Waals surface area contributed by atoms with E-state index in [1.54, 1.807) is 31.2 Å². The zero-order valence-electron chi connectivity index (χ0n) is 13.0. The van der Waals surface area contributed by atoms with Crippen LogP contribution in [-0.2, 0) is 10.0 Å². The maximum atomic E-state index is 12.6. The van der Waals surface area contributed by atoms with Gasteiger partial charge in [0.2, 0.25) is 10.0 Å². The molecule has 21 heavy (non-hydrogen) atoms. The molecule has 0 aromatic heterocycles. The van der Waals surface area contributed by atoms with E-state index in [1.165, 1.54) is 4.31 Å². The molecule has 1 aromatic carbocycles. The second-order valence-corrected chi connectivity index (χ2v) is 6.93. The molecule has 0 bridgehead atoms. The molecule has 0 N–H and O–H groups in total. The smallest absolute Gasteiger partial charge is 0.207 e. The molecule has 1 rings (SSSR count). The molecule has 0 unspecified atom stereocenters. The van der Waals surface area contributed by atoms with Crippen LogP contribution < -0.4 is 0 Å². The molecule has 0 atom stereocenters. The van der Waals surface area contributed by atoms with E-state index in [2.05, 4.69) is 23.7 Å². The van der Waals surface area contributed by atoms with Crippen molar-refractivity contribution in [3.8, 4) is 23.7 Å². The van der Waals surface area contributed by atoms with Gasteiger partial charge in [0.05, 0.1) is 18.0 Å². The fourth-order valence-corrected chi connectivity index (χ4v) is 2.84. The summed E-state index contributed by atoms with van der Waals surface area (Å²) >= 11 is 0. The minimum atomic E-state index is -3.56. The first-order valence-electron chi connectivity index (χ1n) is 6.82. The molecule has 3 nitrogen and oxygen atoms in total. The Bertz CT molecular complexity index is 680. The fraction of sp³-hybridized carbons (Fsp3) is 0.412. The third-order valence-electron chi connectivity index (χ3n) is 2.74. The Kier molecular flexibility index (Phi) is 6.49. The Balaban J connectivity index is 3.07. The van der Waals surface area contributed by atoms with Crippen LogP contribution in [-0.4, -0.2) is 25.8 Å². The van der Waals surface area contributed by atoms with E-state index in [-0.39, 0.29) is 23.9 Å². The van der Waals surface area contributed by atoms with Crippen molar-refractivity contribution in [3.63, 3.8) is 0 Å². The summed E-state index contributed by atoms with van der Waals surface area (Å²) in [7, 11) is -3.56. The SMILES string of the molecule is CC#CCN(CC#CC(C)C)S(=O)(=O)c1ccc(C)cc1. The molecule has 0 aliphatic heterocycles. The van der Waals surface area contributed by atoms with E-state index >= 15 is 0 Å². The van der Waals surface area contributed by atoms with Crippen molar-refractivity contribution < 1.29 is 8.42 Å². The van der Waals surface area contributed by atoms with Crippen LogP contribution in [0.15, 0.2) is 29.2 Å². The van der Waals surface area contributed by atoms with Gasteiger partial charge in [-0.25, -0.2) is 8.42 Å². The molecule has 0 heterocycles. The lowest BCUT2D eigenvalue weighted by molar-refractivity contribution is 0.482. The van der Waals surface area contributed by atoms with E-state index in [0.29, 0.717) is 0 Å². The van der Waals surface area contributed by atoms with Crippen LogP contribution in [0.3, 0.4) is 0 Å². The molecule has 0 saturated heterocycles. The fourth-order valence-electron chi connectivity index (χ4n) is 1.59. The second-order valence-electron chi connectivity index (χ2n) is 4.99. The quantitative estimate of drug-likeness (QED) is 0.802. The first-order valence-corrected chi connectivity index (χ1v) is 8.26. The minimum absolute atomic E-state index is 0.152. The minimum Gasteiger partial charge on any atom is -0.207 e. The molecule has 0 fully saturated rings. The van der Waals surface area contributed by atoms with Gasteiger partial charge in [-0.15, -0.1) is 5.92 Å². The Morgan fingerprint density at radius 3 is 2.19 bits per heavy atom. The molecular formula is C17H21NO2S. The molecule has 0 amide bonds. The van der Waals surface area contributed by atoms with Crippen LogP contribution in [0.5, 0.6) is 0 Å². The average molecular weight is 303 g/mol. The van der Waals surface area contributed by atoms with Crippen molar-refractivity contribution in [3.05, 3.63) is 29.8 Å². The summed E-state index contributed by atoms with van der Waals surface area (Å²) in [6, 6.07) is 6.81. The Hall–Kier alpha value is -1.75. The van der Waals surface area contributed by atoms with E-state index < -0.39 is 10.0 Å². The largest absolute Gasteiger partial charge is 0.244 e. The van der Waals surface area contributed by atoms with Gasteiger partial charge >= 0.3 is 0 Å². The molecule has 0 spiro atoms. The summed E-state index contributed by atoms with van der Waals surface area (Å²) in [5.41, 5.74) is 1.02. The molecule has 112 valence electrons. The second kappa shape index (κ2) is 7.88. The molecule has 0 aliphatic carbocycles. The van der Waals surface area contributed by atoms with Gasteiger partial charge < -0.3 is 0 Å². The van der Waals surface area contributed by atoms with Gasteiger partial charge in [0.15, 0.2) is 0 Å². The first kappa shape index (κ1) is 17.3. The van der Waals surface area contributed by atoms with Gasteiger partial charge in [-0.1, -0.05) is 49.3 Å². The Morgan fingerprint density at radius 1 is 1.10 bits per heavy atom. The number of nitrogens with zero attached hydrogens (tertiary/aromatic N) is 1. The van der Waals surface area contributed by atoms with Crippen LogP contribution in [0.2, 0.25) is 0 Å². The zero-order chi connectivity index (χ0) is 15.9. The molecule has 1 aromatic rings. The summed E-state index contributed by atoms with van der Waals surface area (Å²) in [6.07, 6.45) is 0. The van der Waals surface area contributed by atoms with Crippen LogP contribution in [0, 0.1) is 36.5 Å². The topological polar surface area (TPSA) is 37.4 Å². The number of hydrogen-bond acceptors (Lipinski definition) is 2. The Morgan fingerprint density at radius 2 is 1.67 bits per heavy atom. The van der Waals surface area contributed by atoms with Crippen molar-refractivity contribution >= 4 is 10.0 Å². The number of aryl methyl sites for hydroxylation is 1. The summed E-state index contributed by atoms with van der Waals surface area (Å²) < 4.78 is 26.5. The van der Waals surface area contributed by atoms with E-state index in [9.17, 15) is 8.42 Å². The summed E-state index contributed by atoms with van der Waals surface area (Å²) in [5, 5.41) is 0.